The van der Waals surface area contributed by atoms with Gasteiger partial charge < -0.3 is 15.8 Å². The molecule has 16 heavy (non-hydrogen) atoms. The highest BCUT2D eigenvalue weighted by atomic mass is 16.5. The van der Waals surface area contributed by atoms with Crippen LogP contribution in [0.3, 0.4) is 0 Å². The van der Waals surface area contributed by atoms with Crippen LogP contribution in [-0.4, -0.2) is 29.6 Å². The number of nitrogens with one attached hydrogen (secondary N) is 1. The molecule has 0 spiro atoms. The summed E-state index contributed by atoms with van der Waals surface area (Å²) in [6.45, 7) is 9.07. The van der Waals surface area contributed by atoms with Gasteiger partial charge in [0.2, 0.25) is 11.8 Å². The summed E-state index contributed by atoms with van der Waals surface area (Å²) in [7, 11) is 0. The molecule has 2 amide bonds. The minimum absolute atomic E-state index is 0.0221. The molecule has 0 aromatic rings. The summed E-state index contributed by atoms with van der Waals surface area (Å²) < 4.78 is 5.31. The van der Waals surface area contributed by atoms with Crippen molar-refractivity contribution in [1.29, 1.82) is 0 Å². The average molecular weight is 230 g/mol. The summed E-state index contributed by atoms with van der Waals surface area (Å²) >= 11 is 0. The molecule has 0 aromatic carbocycles. The van der Waals surface area contributed by atoms with Crippen LogP contribution < -0.4 is 11.1 Å². The molecule has 0 aromatic heterocycles. The van der Waals surface area contributed by atoms with Crippen LogP contribution in [0.15, 0.2) is 0 Å². The lowest BCUT2D eigenvalue weighted by Gasteiger charge is -2.26. The van der Waals surface area contributed by atoms with Crippen molar-refractivity contribution < 1.29 is 14.3 Å². The number of nitrogens with two attached hydrogens (primary N) is 1. The zero-order valence-electron chi connectivity index (χ0n) is 10.7. The highest BCUT2D eigenvalue weighted by molar-refractivity contribution is 5.80. The SMILES string of the molecule is CC(C)(CC(N)=O)NC(=O)COC(C)(C)C. The van der Waals surface area contributed by atoms with Crippen LogP contribution in [-0.2, 0) is 14.3 Å². The first kappa shape index (κ1) is 14.9. The lowest BCUT2D eigenvalue weighted by atomic mass is 10.0. The van der Waals surface area contributed by atoms with E-state index >= 15 is 0 Å². The van der Waals surface area contributed by atoms with Gasteiger partial charge in [0.25, 0.3) is 0 Å². The Morgan fingerprint density at radius 1 is 1.19 bits per heavy atom. The molecule has 0 atom stereocenters. The first-order chi connectivity index (χ1) is 7.02. The summed E-state index contributed by atoms with van der Waals surface area (Å²) in [4.78, 5) is 22.3. The topological polar surface area (TPSA) is 81.4 Å². The predicted molar refractivity (Wildman–Crippen MR) is 61.7 cm³/mol. The molecule has 0 saturated carbocycles. The van der Waals surface area contributed by atoms with Crippen LogP contribution in [0.4, 0.5) is 0 Å². The summed E-state index contributed by atoms with van der Waals surface area (Å²) in [5.41, 5.74) is 4.09. The normalized spacial score (nSPS) is 12.3. The van der Waals surface area contributed by atoms with Gasteiger partial charge in [0.1, 0.15) is 6.61 Å². The van der Waals surface area contributed by atoms with Gasteiger partial charge >= 0.3 is 0 Å². The van der Waals surface area contributed by atoms with Crippen LogP contribution >= 0.6 is 0 Å². The molecule has 0 bridgehead atoms. The molecule has 5 nitrogen and oxygen atoms in total. The molecular formula is C11H22N2O3. The third kappa shape index (κ3) is 8.23. The Labute approximate surface area is 96.7 Å². The molecule has 94 valence electrons. The molecule has 0 heterocycles. The summed E-state index contributed by atoms with van der Waals surface area (Å²) in [6, 6.07) is 0. The Kier molecular flexibility index (Phi) is 4.93. The molecule has 5 heteroatoms. The number of carbonyl (C=O) groups is 2. The van der Waals surface area contributed by atoms with Gasteiger partial charge in [-0.2, -0.15) is 0 Å². The van der Waals surface area contributed by atoms with Crippen LogP contribution in [0.2, 0.25) is 0 Å². The number of ether oxygens (including phenoxy) is 1. The Morgan fingerprint density at radius 2 is 1.69 bits per heavy atom. The largest absolute Gasteiger partial charge is 0.370 e. The van der Waals surface area contributed by atoms with Crippen molar-refractivity contribution in [3.63, 3.8) is 0 Å². The monoisotopic (exact) mass is 230 g/mol. The summed E-state index contributed by atoms with van der Waals surface area (Å²) in [6.07, 6.45) is 0.105. The van der Waals surface area contributed by atoms with E-state index in [1.807, 2.05) is 20.8 Å². The highest BCUT2D eigenvalue weighted by Gasteiger charge is 2.23. The molecular weight excluding hydrogens is 208 g/mol. The van der Waals surface area contributed by atoms with Crippen molar-refractivity contribution >= 4 is 11.8 Å². The highest BCUT2D eigenvalue weighted by Crippen LogP contribution is 2.09. The molecule has 0 aliphatic heterocycles. The van der Waals surface area contributed by atoms with Crippen molar-refractivity contribution in [3.8, 4) is 0 Å². The van der Waals surface area contributed by atoms with Gasteiger partial charge in [-0.1, -0.05) is 0 Å². The zero-order valence-corrected chi connectivity index (χ0v) is 10.7. The van der Waals surface area contributed by atoms with Crippen molar-refractivity contribution in [2.24, 2.45) is 5.73 Å². The smallest absolute Gasteiger partial charge is 0.246 e. The second kappa shape index (κ2) is 5.30. The van der Waals surface area contributed by atoms with E-state index < -0.39 is 11.4 Å². The van der Waals surface area contributed by atoms with Gasteiger partial charge in [-0.15, -0.1) is 0 Å². The minimum Gasteiger partial charge on any atom is -0.370 e. The number of primary amides is 1. The van der Waals surface area contributed by atoms with Crippen LogP contribution in [0.5, 0.6) is 0 Å². The van der Waals surface area contributed by atoms with E-state index in [0.29, 0.717) is 0 Å². The van der Waals surface area contributed by atoms with Crippen molar-refractivity contribution in [3.05, 3.63) is 0 Å². The Hall–Kier alpha value is -1.10. The van der Waals surface area contributed by atoms with Crippen LogP contribution in [0.1, 0.15) is 41.0 Å². The first-order valence-corrected chi connectivity index (χ1v) is 5.25. The van der Waals surface area contributed by atoms with Gasteiger partial charge in [0.05, 0.1) is 5.60 Å². The summed E-state index contributed by atoms with van der Waals surface area (Å²) in [5, 5.41) is 2.70. The first-order valence-electron chi connectivity index (χ1n) is 5.25. The molecule has 0 fully saturated rings. The number of hydrogen-bond acceptors (Lipinski definition) is 3. The molecule has 0 radical (unpaired) electrons. The van der Waals surface area contributed by atoms with Gasteiger partial charge in [-0.05, 0) is 34.6 Å². The molecule has 0 unspecified atom stereocenters. The zero-order chi connectivity index (χ0) is 13.0. The Balaban J connectivity index is 4.09. The quantitative estimate of drug-likeness (QED) is 0.724. The van der Waals surface area contributed by atoms with Gasteiger partial charge in [0.15, 0.2) is 0 Å². The lowest BCUT2D eigenvalue weighted by Crippen LogP contribution is -2.48. The van der Waals surface area contributed by atoms with Gasteiger partial charge in [-0.3, -0.25) is 9.59 Å². The van der Waals surface area contributed by atoms with E-state index in [-0.39, 0.29) is 24.5 Å². The molecule has 0 aliphatic carbocycles. The lowest BCUT2D eigenvalue weighted by molar-refractivity contribution is -0.132. The second-order valence-corrected chi connectivity index (χ2v) is 5.48. The third-order valence-corrected chi connectivity index (χ3v) is 1.73. The van der Waals surface area contributed by atoms with Crippen LogP contribution in [0, 0.1) is 0 Å². The molecule has 0 rings (SSSR count). The number of carbonyl (C=O) groups excluding carboxylic acids is 2. The third-order valence-electron chi connectivity index (χ3n) is 1.73. The summed E-state index contributed by atoms with van der Waals surface area (Å²) in [5.74, 6) is -0.691. The van der Waals surface area contributed by atoms with E-state index in [0.717, 1.165) is 0 Å². The van der Waals surface area contributed by atoms with E-state index in [4.69, 9.17) is 10.5 Å². The maximum absolute atomic E-state index is 11.5. The van der Waals surface area contributed by atoms with E-state index in [1.165, 1.54) is 0 Å². The standard InChI is InChI=1S/C11H22N2O3/c1-10(2,3)16-7-9(15)13-11(4,5)6-8(12)14/h6-7H2,1-5H3,(H2,12,14)(H,13,15). The maximum Gasteiger partial charge on any atom is 0.246 e. The predicted octanol–water partition coefficient (Wildman–Crippen LogP) is 0.572. The Morgan fingerprint density at radius 3 is 2.06 bits per heavy atom. The molecule has 0 saturated heterocycles. The number of hydrogen-bond donors (Lipinski definition) is 2. The minimum atomic E-state index is -0.635. The van der Waals surface area contributed by atoms with E-state index in [9.17, 15) is 9.59 Å². The fourth-order valence-electron chi connectivity index (χ4n) is 1.18. The molecule has 3 N–H and O–H groups in total. The Bertz CT molecular complexity index is 267. The van der Waals surface area contributed by atoms with Crippen molar-refractivity contribution in [1.82, 2.24) is 5.32 Å². The number of amides is 2. The average Bonchev–Trinajstić information content (AvgIpc) is 1.95. The van der Waals surface area contributed by atoms with E-state index in [2.05, 4.69) is 5.32 Å². The van der Waals surface area contributed by atoms with Gasteiger partial charge in [-0.25, -0.2) is 0 Å². The van der Waals surface area contributed by atoms with Crippen LogP contribution in [0.25, 0.3) is 0 Å². The second-order valence-electron chi connectivity index (χ2n) is 5.48. The number of rotatable bonds is 5. The molecule has 0 aliphatic rings. The maximum atomic E-state index is 11.5. The van der Waals surface area contributed by atoms with Crippen molar-refractivity contribution in [2.75, 3.05) is 6.61 Å². The van der Waals surface area contributed by atoms with Crippen molar-refractivity contribution in [2.45, 2.75) is 52.2 Å². The fourth-order valence-corrected chi connectivity index (χ4v) is 1.18. The fraction of sp³-hybridized carbons (Fsp3) is 0.818. The van der Waals surface area contributed by atoms with Gasteiger partial charge in [0, 0.05) is 12.0 Å². The van der Waals surface area contributed by atoms with E-state index in [1.54, 1.807) is 13.8 Å².